The molecule has 5 rings (SSSR count). The lowest BCUT2D eigenvalue weighted by atomic mass is 10.2. The Balaban J connectivity index is 1.17. The van der Waals surface area contributed by atoms with E-state index in [9.17, 15) is 13.2 Å². The van der Waals surface area contributed by atoms with Crippen molar-refractivity contribution in [1.82, 2.24) is 19.6 Å². The van der Waals surface area contributed by atoms with E-state index in [0.717, 1.165) is 15.5 Å². The zero-order valence-electron chi connectivity index (χ0n) is 16.6. The van der Waals surface area contributed by atoms with Crippen LogP contribution in [-0.4, -0.2) is 67.8 Å². The molecule has 2 aliphatic heterocycles. The Kier molecular flexibility index (Phi) is 5.06. The number of aliphatic imine (C=N–C) groups is 1. The van der Waals surface area contributed by atoms with Gasteiger partial charge in [-0.05, 0) is 24.3 Å². The van der Waals surface area contributed by atoms with Crippen molar-refractivity contribution in [2.24, 2.45) is 4.99 Å². The molecule has 9 nitrogen and oxygen atoms in total. The molecule has 160 valence electrons. The van der Waals surface area contributed by atoms with Crippen molar-refractivity contribution in [3.05, 3.63) is 48.2 Å². The summed E-state index contributed by atoms with van der Waals surface area (Å²) in [6.07, 6.45) is 2.00. The predicted octanol–water partition coefficient (Wildman–Crippen LogP) is 1.47. The molecule has 3 aromatic rings. The molecule has 0 bridgehead atoms. The molecule has 1 aromatic carbocycles. The minimum absolute atomic E-state index is 0.0177. The van der Waals surface area contributed by atoms with Gasteiger partial charge in [0.05, 0.1) is 11.4 Å². The molecule has 0 saturated carbocycles. The Morgan fingerprint density at radius 1 is 1.13 bits per heavy atom. The van der Waals surface area contributed by atoms with Gasteiger partial charge in [-0.2, -0.15) is 0 Å². The molecule has 11 heteroatoms. The number of benzene rings is 1. The molecule has 0 radical (unpaired) electrons. The Morgan fingerprint density at radius 3 is 2.74 bits per heavy atom. The van der Waals surface area contributed by atoms with E-state index < -0.39 is 10.0 Å². The molecule has 0 atom stereocenters. The lowest BCUT2D eigenvalue weighted by Crippen LogP contribution is -2.48. The van der Waals surface area contributed by atoms with Gasteiger partial charge >= 0.3 is 0 Å². The second-order valence-corrected chi connectivity index (χ2v) is 9.88. The van der Waals surface area contributed by atoms with E-state index in [1.54, 1.807) is 41.8 Å². The summed E-state index contributed by atoms with van der Waals surface area (Å²) in [5.41, 5.74) is 1.44. The van der Waals surface area contributed by atoms with E-state index in [4.69, 9.17) is 0 Å². The van der Waals surface area contributed by atoms with Crippen LogP contribution in [0.25, 0.3) is 10.3 Å². The first-order valence-corrected chi connectivity index (χ1v) is 12.2. The molecular formula is C20H20N6O3S2. The first-order chi connectivity index (χ1) is 15.0. The number of carbonyl (C=O) groups excluding carboxylic acids is 1. The summed E-state index contributed by atoms with van der Waals surface area (Å²) in [4.78, 5) is 31.1. The van der Waals surface area contributed by atoms with Gasteiger partial charge in [-0.3, -0.25) is 14.5 Å². The number of sulfonamides is 1. The summed E-state index contributed by atoms with van der Waals surface area (Å²) < 4.78 is 26.7. The first kappa shape index (κ1) is 19.9. The molecule has 0 aliphatic carbocycles. The number of amides is 1. The van der Waals surface area contributed by atoms with Crippen molar-refractivity contribution in [2.75, 3.05) is 37.6 Å². The number of aromatic nitrogens is 2. The molecule has 1 saturated heterocycles. The van der Waals surface area contributed by atoms with Gasteiger partial charge in [0.25, 0.3) is 10.0 Å². The lowest BCUT2D eigenvalue weighted by Gasteiger charge is -2.34. The number of piperazine rings is 1. The minimum atomic E-state index is -3.56. The minimum Gasteiger partial charge on any atom is -0.344 e. The highest BCUT2D eigenvalue weighted by Gasteiger charge is 2.30. The summed E-state index contributed by atoms with van der Waals surface area (Å²) in [6, 6.07) is 10.5. The predicted molar refractivity (Wildman–Crippen MR) is 119 cm³/mol. The fraction of sp³-hybridized carbons (Fsp3) is 0.300. The van der Waals surface area contributed by atoms with E-state index in [1.807, 2.05) is 17.0 Å². The first-order valence-electron chi connectivity index (χ1n) is 9.92. The van der Waals surface area contributed by atoms with Gasteiger partial charge in [0.15, 0.2) is 5.13 Å². The number of hydrogen-bond donors (Lipinski definition) is 1. The topological polar surface area (TPSA) is 108 Å². The summed E-state index contributed by atoms with van der Waals surface area (Å²) in [7, 11) is -3.56. The van der Waals surface area contributed by atoms with Crippen molar-refractivity contribution in [3.8, 4) is 0 Å². The molecule has 31 heavy (non-hydrogen) atoms. The van der Waals surface area contributed by atoms with E-state index in [0.29, 0.717) is 37.6 Å². The van der Waals surface area contributed by atoms with Crippen LogP contribution in [0.2, 0.25) is 0 Å². The van der Waals surface area contributed by atoms with Gasteiger partial charge in [-0.1, -0.05) is 23.5 Å². The molecule has 0 unspecified atom stereocenters. The average molecular weight is 457 g/mol. The number of nitrogens with zero attached hydrogens (tertiary/aromatic N) is 5. The maximum Gasteiger partial charge on any atom is 0.263 e. The highest BCUT2D eigenvalue weighted by molar-refractivity contribution is 7.90. The molecule has 0 spiro atoms. The monoisotopic (exact) mass is 456 g/mol. The third kappa shape index (κ3) is 3.86. The Bertz CT molecular complexity index is 1250. The quantitative estimate of drug-likeness (QED) is 0.637. The number of carbonyl (C=O) groups is 1. The van der Waals surface area contributed by atoms with Gasteiger partial charge in [0.2, 0.25) is 5.91 Å². The van der Waals surface area contributed by atoms with Crippen LogP contribution in [0.3, 0.4) is 0 Å². The van der Waals surface area contributed by atoms with Crippen LogP contribution in [-0.2, 0) is 14.8 Å². The highest BCUT2D eigenvalue weighted by Crippen LogP contribution is 2.27. The molecule has 1 fully saturated rings. The van der Waals surface area contributed by atoms with Crippen molar-refractivity contribution in [1.29, 1.82) is 0 Å². The number of pyridine rings is 1. The Labute approximate surface area is 183 Å². The normalized spacial score (nSPS) is 18.9. The van der Waals surface area contributed by atoms with Crippen LogP contribution < -0.4 is 9.62 Å². The van der Waals surface area contributed by atoms with E-state index in [1.165, 1.54) is 0 Å². The third-order valence-electron chi connectivity index (χ3n) is 5.32. The fourth-order valence-electron chi connectivity index (χ4n) is 3.71. The molecule has 2 aliphatic rings. The van der Waals surface area contributed by atoms with Crippen molar-refractivity contribution < 1.29 is 13.2 Å². The number of thiazole rings is 1. The fourth-order valence-corrected chi connectivity index (χ4v) is 5.92. The number of amidine groups is 1. The van der Waals surface area contributed by atoms with Gasteiger partial charge in [-0.25, -0.2) is 18.4 Å². The van der Waals surface area contributed by atoms with Crippen LogP contribution in [0.4, 0.5) is 5.13 Å². The van der Waals surface area contributed by atoms with Crippen LogP contribution in [0.1, 0.15) is 12.0 Å². The second kappa shape index (κ2) is 7.89. The number of rotatable bonds is 4. The third-order valence-corrected chi connectivity index (χ3v) is 7.75. The zero-order valence-corrected chi connectivity index (χ0v) is 18.2. The van der Waals surface area contributed by atoms with Gasteiger partial charge in [0.1, 0.15) is 16.2 Å². The van der Waals surface area contributed by atoms with Crippen LogP contribution >= 0.6 is 11.3 Å². The Hall–Kier alpha value is -3.05. The van der Waals surface area contributed by atoms with Crippen molar-refractivity contribution in [2.45, 2.75) is 11.3 Å². The van der Waals surface area contributed by atoms with E-state index >= 15 is 0 Å². The Morgan fingerprint density at radius 2 is 1.94 bits per heavy atom. The van der Waals surface area contributed by atoms with Gasteiger partial charge < -0.3 is 9.80 Å². The number of hydrogen-bond acceptors (Lipinski definition) is 8. The second-order valence-electron chi connectivity index (χ2n) is 7.27. The molecule has 2 aromatic heterocycles. The summed E-state index contributed by atoms with van der Waals surface area (Å²) in [5.74, 6) is 0.321. The van der Waals surface area contributed by atoms with Gasteiger partial charge in [0, 0.05) is 44.4 Å². The summed E-state index contributed by atoms with van der Waals surface area (Å²) in [5, 5.41) is 0.930. The molecular weight excluding hydrogens is 436 g/mol. The van der Waals surface area contributed by atoms with Gasteiger partial charge in [-0.15, -0.1) is 0 Å². The lowest BCUT2D eigenvalue weighted by molar-refractivity contribution is -0.131. The smallest absolute Gasteiger partial charge is 0.263 e. The average Bonchev–Trinajstić information content (AvgIpc) is 3.33. The molecule has 4 heterocycles. The largest absolute Gasteiger partial charge is 0.344 e. The standard InChI is InChI=1S/C20H20N6O3S2/c27-17(7-9-21-18-14-4-1-2-6-16(14)31(28,29)24-18)25-10-12-26(13-11-25)20-23-15-5-3-8-22-19(15)30-20/h1-6,8H,7,9-13H2,(H,21,24). The van der Waals surface area contributed by atoms with Crippen LogP contribution in [0.5, 0.6) is 0 Å². The van der Waals surface area contributed by atoms with Crippen molar-refractivity contribution >= 4 is 48.6 Å². The summed E-state index contributed by atoms with van der Waals surface area (Å²) >= 11 is 1.56. The molecule has 1 amide bonds. The number of anilines is 1. The van der Waals surface area contributed by atoms with E-state index in [-0.39, 0.29) is 23.8 Å². The van der Waals surface area contributed by atoms with Crippen LogP contribution in [0, 0.1) is 0 Å². The highest BCUT2D eigenvalue weighted by atomic mass is 32.2. The number of fused-ring (bicyclic) bond motifs is 2. The van der Waals surface area contributed by atoms with Crippen LogP contribution in [0.15, 0.2) is 52.5 Å². The molecule has 1 N–H and O–H groups in total. The van der Waals surface area contributed by atoms with Crippen molar-refractivity contribution in [3.63, 3.8) is 0 Å². The number of nitrogens with one attached hydrogen (secondary N) is 1. The maximum absolute atomic E-state index is 12.6. The maximum atomic E-state index is 12.6. The SMILES string of the molecule is O=C(CCN=C1NS(=O)(=O)c2ccccc21)N1CCN(c2nc3cccnc3s2)CC1. The summed E-state index contributed by atoms with van der Waals surface area (Å²) in [6.45, 7) is 2.90. The zero-order chi connectivity index (χ0) is 21.4. The van der Waals surface area contributed by atoms with E-state index in [2.05, 4.69) is 24.6 Å².